The predicted octanol–water partition coefficient (Wildman–Crippen LogP) is 2.30. The van der Waals surface area contributed by atoms with Crippen LogP contribution >= 0.6 is 0 Å². The first-order chi connectivity index (χ1) is 6.40. The fourth-order valence-electron chi connectivity index (χ4n) is 1.37. The highest BCUT2D eigenvalue weighted by Gasteiger charge is 2.00. The summed E-state index contributed by atoms with van der Waals surface area (Å²) in [6, 6.07) is 1.96. The molecule has 2 heterocycles. The van der Waals surface area contributed by atoms with Gasteiger partial charge in [-0.05, 0) is 12.5 Å². The van der Waals surface area contributed by atoms with Gasteiger partial charge >= 0.3 is 0 Å². The van der Waals surface area contributed by atoms with E-state index >= 15 is 0 Å². The normalized spacial score (nSPS) is 10.8. The molecule has 1 N–H and O–H groups in total. The van der Waals surface area contributed by atoms with Crippen LogP contribution in [-0.2, 0) is 6.42 Å². The molecule has 3 heteroatoms. The molecule has 2 rings (SSSR count). The number of nitrogens with one attached hydrogen (secondary N) is 1. The minimum Gasteiger partial charge on any atom is -0.342 e. The second kappa shape index (κ2) is 3.56. The molecule has 0 saturated carbocycles. The van der Waals surface area contributed by atoms with Crippen LogP contribution in [0.5, 0.6) is 0 Å². The Kier molecular flexibility index (Phi) is 2.25. The summed E-state index contributed by atoms with van der Waals surface area (Å²) in [4.78, 5) is 11.7. The summed E-state index contributed by atoms with van der Waals surface area (Å²) in [7, 11) is 0. The van der Waals surface area contributed by atoms with Gasteiger partial charge in [-0.3, -0.25) is 4.98 Å². The summed E-state index contributed by atoms with van der Waals surface area (Å²) >= 11 is 0. The largest absolute Gasteiger partial charge is 0.342 e. The Morgan fingerprint density at radius 1 is 1.46 bits per heavy atom. The van der Waals surface area contributed by atoms with Crippen molar-refractivity contribution >= 4 is 11.0 Å². The molecule has 0 bridgehead atoms. The molecule has 0 aliphatic carbocycles. The Morgan fingerprint density at radius 3 is 3.15 bits per heavy atom. The van der Waals surface area contributed by atoms with Crippen LogP contribution in [0.3, 0.4) is 0 Å². The van der Waals surface area contributed by atoms with Crippen molar-refractivity contribution in [2.24, 2.45) is 0 Å². The summed E-state index contributed by atoms with van der Waals surface area (Å²) < 4.78 is 0. The molecule has 0 radical (unpaired) electrons. The smallest absolute Gasteiger partial charge is 0.107 e. The molecule has 2 aromatic rings. The Bertz CT molecular complexity index is 359. The summed E-state index contributed by atoms with van der Waals surface area (Å²) in [6.45, 7) is 2.18. The second-order valence-electron chi connectivity index (χ2n) is 3.18. The van der Waals surface area contributed by atoms with Crippen LogP contribution in [-0.4, -0.2) is 15.0 Å². The van der Waals surface area contributed by atoms with E-state index in [0.717, 1.165) is 23.3 Å². The van der Waals surface area contributed by atoms with E-state index in [9.17, 15) is 0 Å². The molecule has 0 aliphatic heterocycles. The van der Waals surface area contributed by atoms with Crippen LogP contribution in [0.15, 0.2) is 18.5 Å². The predicted molar refractivity (Wildman–Crippen MR) is 52.5 cm³/mol. The van der Waals surface area contributed by atoms with E-state index < -0.39 is 0 Å². The van der Waals surface area contributed by atoms with Crippen LogP contribution in [0, 0.1) is 0 Å². The summed E-state index contributed by atoms with van der Waals surface area (Å²) in [5.41, 5.74) is 2.05. The average molecular weight is 175 g/mol. The molecule has 13 heavy (non-hydrogen) atoms. The number of H-pyrrole nitrogens is 1. The number of imidazole rings is 1. The fourth-order valence-corrected chi connectivity index (χ4v) is 1.37. The molecular weight excluding hydrogens is 162 g/mol. The third-order valence-corrected chi connectivity index (χ3v) is 2.10. The number of unbranched alkanes of at least 4 members (excludes halogenated alkanes) is 1. The third-order valence-electron chi connectivity index (χ3n) is 2.10. The van der Waals surface area contributed by atoms with Crippen molar-refractivity contribution in [3.63, 3.8) is 0 Å². The molecule has 2 aromatic heterocycles. The molecule has 0 aromatic carbocycles. The summed E-state index contributed by atoms with van der Waals surface area (Å²) in [6.07, 6.45) is 7.00. The highest BCUT2D eigenvalue weighted by Crippen LogP contribution is 2.10. The van der Waals surface area contributed by atoms with Crippen LogP contribution < -0.4 is 0 Å². The van der Waals surface area contributed by atoms with Gasteiger partial charge in [0, 0.05) is 12.6 Å². The number of nitrogens with zero attached hydrogens (tertiary/aromatic N) is 2. The molecule has 0 amide bonds. The van der Waals surface area contributed by atoms with Crippen LogP contribution in [0.2, 0.25) is 0 Å². The maximum Gasteiger partial charge on any atom is 0.107 e. The van der Waals surface area contributed by atoms with E-state index in [1.54, 1.807) is 12.4 Å². The van der Waals surface area contributed by atoms with Crippen molar-refractivity contribution in [3.05, 3.63) is 24.3 Å². The van der Waals surface area contributed by atoms with E-state index in [0.29, 0.717) is 0 Å². The van der Waals surface area contributed by atoms with Crippen molar-refractivity contribution in [3.8, 4) is 0 Å². The summed E-state index contributed by atoms with van der Waals surface area (Å²) in [5.74, 6) is 1.07. The van der Waals surface area contributed by atoms with Gasteiger partial charge in [-0.2, -0.15) is 0 Å². The molecule has 0 atom stereocenters. The first-order valence-electron chi connectivity index (χ1n) is 4.68. The van der Waals surface area contributed by atoms with Crippen molar-refractivity contribution in [1.82, 2.24) is 15.0 Å². The van der Waals surface area contributed by atoms with Gasteiger partial charge in [0.15, 0.2) is 0 Å². The molecule has 0 fully saturated rings. The van der Waals surface area contributed by atoms with E-state index in [-0.39, 0.29) is 0 Å². The third kappa shape index (κ3) is 1.69. The lowest BCUT2D eigenvalue weighted by Gasteiger charge is -1.90. The zero-order chi connectivity index (χ0) is 9.10. The number of aromatic amines is 1. The van der Waals surface area contributed by atoms with Crippen molar-refractivity contribution in [2.45, 2.75) is 26.2 Å². The zero-order valence-corrected chi connectivity index (χ0v) is 7.75. The Morgan fingerprint density at radius 2 is 2.38 bits per heavy atom. The van der Waals surface area contributed by atoms with Gasteiger partial charge in [-0.1, -0.05) is 13.3 Å². The molecule has 0 saturated heterocycles. The molecule has 68 valence electrons. The van der Waals surface area contributed by atoms with E-state index in [1.807, 2.05) is 6.07 Å². The lowest BCUT2D eigenvalue weighted by molar-refractivity contribution is 0.765. The number of hydrogen-bond acceptors (Lipinski definition) is 2. The van der Waals surface area contributed by atoms with Crippen molar-refractivity contribution in [1.29, 1.82) is 0 Å². The Hall–Kier alpha value is -1.38. The van der Waals surface area contributed by atoms with Crippen LogP contribution in [0.25, 0.3) is 11.0 Å². The Balaban J connectivity index is 2.28. The highest BCUT2D eigenvalue weighted by molar-refractivity contribution is 5.73. The molecule has 0 spiro atoms. The molecule has 0 aliphatic rings. The SMILES string of the molecule is CCCCc1nc2cnccc2[nH]1. The van der Waals surface area contributed by atoms with Gasteiger partial charge in [0.25, 0.3) is 0 Å². The van der Waals surface area contributed by atoms with Gasteiger partial charge in [0.2, 0.25) is 0 Å². The second-order valence-corrected chi connectivity index (χ2v) is 3.18. The van der Waals surface area contributed by atoms with E-state index in [1.165, 1.54) is 12.8 Å². The van der Waals surface area contributed by atoms with E-state index in [2.05, 4.69) is 21.9 Å². The number of hydrogen-bond donors (Lipinski definition) is 1. The topological polar surface area (TPSA) is 41.6 Å². The average Bonchev–Trinajstić information content (AvgIpc) is 2.57. The lowest BCUT2D eigenvalue weighted by Crippen LogP contribution is -1.86. The van der Waals surface area contributed by atoms with Crippen LogP contribution in [0.1, 0.15) is 25.6 Å². The molecule has 3 nitrogen and oxygen atoms in total. The maximum atomic E-state index is 4.43. The van der Waals surface area contributed by atoms with Gasteiger partial charge in [-0.15, -0.1) is 0 Å². The number of aryl methyl sites for hydroxylation is 1. The molecular formula is C10H13N3. The van der Waals surface area contributed by atoms with Gasteiger partial charge < -0.3 is 4.98 Å². The monoisotopic (exact) mass is 175 g/mol. The quantitative estimate of drug-likeness (QED) is 0.777. The first kappa shape index (κ1) is 8.23. The lowest BCUT2D eigenvalue weighted by atomic mass is 10.2. The Labute approximate surface area is 77.2 Å². The zero-order valence-electron chi connectivity index (χ0n) is 7.75. The van der Waals surface area contributed by atoms with Gasteiger partial charge in [-0.25, -0.2) is 4.98 Å². The number of fused-ring (bicyclic) bond motifs is 1. The number of pyridine rings is 1. The van der Waals surface area contributed by atoms with Crippen LogP contribution in [0.4, 0.5) is 0 Å². The number of aromatic nitrogens is 3. The summed E-state index contributed by atoms with van der Waals surface area (Å²) in [5, 5.41) is 0. The molecule has 0 unspecified atom stereocenters. The van der Waals surface area contributed by atoms with Crippen molar-refractivity contribution < 1.29 is 0 Å². The van der Waals surface area contributed by atoms with E-state index in [4.69, 9.17) is 0 Å². The minimum atomic E-state index is 0.966. The fraction of sp³-hybridized carbons (Fsp3) is 0.400. The number of rotatable bonds is 3. The first-order valence-corrected chi connectivity index (χ1v) is 4.68. The standard InChI is InChI=1S/C10H13N3/c1-2-3-4-10-12-8-5-6-11-7-9(8)13-10/h5-7H,2-4H2,1H3,(H,12,13). The van der Waals surface area contributed by atoms with Gasteiger partial charge in [0.1, 0.15) is 11.3 Å². The highest BCUT2D eigenvalue weighted by atomic mass is 14.9. The van der Waals surface area contributed by atoms with Gasteiger partial charge in [0.05, 0.1) is 11.7 Å². The van der Waals surface area contributed by atoms with Crippen molar-refractivity contribution in [2.75, 3.05) is 0 Å². The maximum absolute atomic E-state index is 4.43. The minimum absolute atomic E-state index is 0.966.